The lowest BCUT2D eigenvalue weighted by Crippen LogP contribution is -2.32. The van der Waals surface area contributed by atoms with Crippen LogP contribution in [0.2, 0.25) is 0 Å². The van der Waals surface area contributed by atoms with Gasteiger partial charge in [-0.15, -0.1) is 11.3 Å². The predicted octanol–water partition coefficient (Wildman–Crippen LogP) is 2.62. The Balaban J connectivity index is 1.65. The number of nitriles is 1. The Hall–Kier alpha value is -2.92. The molecular weight excluding hydrogens is 378 g/mol. The number of aryl methyl sites for hydroxylation is 1. The van der Waals surface area contributed by atoms with E-state index in [0.29, 0.717) is 10.6 Å². The summed E-state index contributed by atoms with van der Waals surface area (Å²) in [6.07, 6.45) is 5.47. The van der Waals surface area contributed by atoms with Gasteiger partial charge in [0.2, 0.25) is 0 Å². The van der Waals surface area contributed by atoms with Crippen molar-refractivity contribution >= 4 is 28.2 Å². The average Bonchev–Trinajstić information content (AvgIpc) is 2.83. The van der Waals surface area contributed by atoms with Gasteiger partial charge in [0.05, 0.1) is 5.56 Å². The third-order valence-corrected chi connectivity index (χ3v) is 5.85. The smallest absolute Gasteiger partial charge is 0.326 e. The Labute approximate surface area is 166 Å². The number of nitrogens with one attached hydrogen (secondary N) is 1. The summed E-state index contributed by atoms with van der Waals surface area (Å²) < 4.78 is 6.36. The zero-order chi connectivity index (χ0) is 20.1. The van der Waals surface area contributed by atoms with Crippen LogP contribution in [0.3, 0.4) is 0 Å². The van der Waals surface area contributed by atoms with E-state index in [2.05, 4.69) is 11.4 Å². The number of aromatic nitrogens is 1. The number of hydrogen-bond acceptors (Lipinski definition) is 6. The van der Waals surface area contributed by atoms with E-state index in [4.69, 9.17) is 4.74 Å². The first-order valence-corrected chi connectivity index (χ1v) is 10.0. The van der Waals surface area contributed by atoms with Crippen LogP contribution >= 0.6 is 11.3 Å². The molecule has 1 aliphatic rings. The molecule has 0 saturated heterocycles. The lowest BCUT2D eigenvalue weighted by molar-refractivity contribution is -0.153. The van der Waals surface area contributed by atoms with Gasteiger partial charge in [0.15, 0.2) is 6.10 Å². The fourth-order valence-electron chi connectivity index (χ4n) is 3.18. The Morgan fingerprint density at radius 3 is 2.86 bits per heavy atom. The molecule has 1 atom stereocenters. The number of carbonyl (C=O) groups is 2. The minimum atomic E-state index is -1.04. The number of esters is 1. The van der Waals surface area contributed by atoms with Crippen molar-refractivity contribution in [3.8, 4) is 6.07 Å². The van der Waals surface area contributed by atoms with Gasteiger partial charge in [0.25, 0.3) is 11.5 Å². The van der Waals surface area contributed by atoms with Crippen molar-refractivity contribution in [2.24, 2.45) is 0 Å². The SMILES string of the molecule is C[C@@H](OC(=O)Cn1ccccc1=O)C(=O)Nc1sc2c(c1C#N)CCCCC2. The zero-order valence-electron chi connectivity index (χ0n) is 15.6. The van der Waals surface area contributed by atoms with Gasteiger partial charge in [-0.2, -0.15) is 5.26 Å². The molecular formula is C20H21N3O4S. The molecule has 1 amide bonds. The summed E-state index contributed by atoms with van der Waals surface area (Å²) in [6.45, 7) is 1.19. The molecule has 146 valence electrons. The van der Waals surface area contributed by atoms with Gasteiger partial charge in [-0.1, -0.05) is 12.5 Å². The van der Waals surface area contributed by atoms with Gasteiger partial charge in [0, 0.05) is 17.1 Å². The normalized spacial score (nSPS) is 14.3. The third-order valence-electron chi connectivity index (χ3n) is 4.65. The number of carbonyl (C=O) groups excluding carboxylic acids is 2. The van der Waals surface area contributed by atoms with Crippen LogP contribution in [-0.2, 0) is 33.7 Å². The second kappa shape index (κ2) is 8.85. The van der Waals surface area contributed by atoms with Gasteiger partial charge in [0.1, 0.15) is 17.6 Å². The first kappa shape index (κ1) is 19.8. The fourth-order valence-corrected chi connectivity index (χ4v) is 4.42. The van der Waals surface area contributed by atoms with Crippen LogP contribution < -0.4 is 10.9 Å². The molecule has 1 aliphatic carbocycles. The van der Waals surface area contributed by atoms with Gasteiger partial charge >= 0.3 is 5.97 Å². The van der Waals surface area contributed by atoms with Crippen LogP contribution in [0.5, 0.6) is 0 Å². The first-order chi connectivity index (χ1) is 13.5. The number of pyridine rings is 1. The monoisotopic (exact) mass is 399 g/mol. The molecule has 28 heavy (non-hydrogen) atoms. The number of rotatable bonds is 5. The van der Waals surface area contributed by atoms with E-state index < -0.39 is 18.0 Å². The van der Waals surface area contributed by atoms with Crippen molar-refractivity contribution in [3.63, 3.8) is 0 Å². The van der Waals surface area contributed by atoms with Crippen LogP contribution in [0.1, 0.15) is 42.2 Å². The van der Waals surface area contributed by atoms with Crippen LogP contribution in [-0.4, -0.2) is 22.5 Å². The van der Waals surface area contributed by atoms with Gasteiger partial charge in [-0.05, 0) is 44.2 Å². The van der Waals surface area contributed by atoms with Crippen LogP contribution in [0, 0.1) is 11.3 Å². The summed E-state index contributed by atoms with van der Waals surface area (Å²) in [5, 5.41) is 12.8. The Bertz CT molecular complexity index is 986. The summed E-state index contributed by atoms with van der Waals surface area (Å²) in [6, 6.07) is 6.76. The van der Waals surface area contributed by atoms with E-state index in [-0.39, 0.29) is 12.1 Å². The van der Waals surface area contributed by atoms with Crippen molar-refractivity contribution in [1.82, 2.24) is 4.57 Å². The van der Waals surface area contributed by atoms with Crippen LogP contribution in [0.25, 0.3) is 0 Å². The summed E-state index contributed by atoms with van der Waals surface area (Å²) in [5.41, 5.74) is 1.23. The molecule has 8 heteroatoms. The predicted molar refractivity (Wildman–Crippen MR) is 105 cm³/mol. The topological polar surface area (TPSA) is 101 Å². The van der Waals surface area contributed by atoms with Gasteiger partial charge in [-0.3, -0.25) is 14.4 Å². The highest BCUT2D eigenvalue weighted by Gasteiger charge is 2.24. The van der Waals surface area contributed by atoms with Crippen LogP contribution in [0.15, 0.2) is 29.2 Å². The molecule has 0 radical (unpaired) electrons. The van der Waals surface area contributed by atoms with E-state index in [0.717, 1.165) is 42.5 Å². The molecule has 7 nitrogen and oxygen atoms in total. The van der Waals surface area contributed by atoms with Crippen LogP contribution in [0.4, 0.5) is 5.00 Å². The van der Waals surface area contributed by atoms with Crippen molar-refractivity contribution in [3.05, 3.63) is 50.8 Å². The van der Waals surface area contributed by atoms with Crippen molar-refractivity contribution in [2.45, 2.75) is 51.7 Å². The number of ether oxygens (including phenoxy) is 1. The zero-order valence-corrected chi connectivity index (χ0v) is 16.4. The van der Waals surface area contributed by atoms with E-state index >= 15 is 0 Å². The maximum Gasteiger partial charge on any atom is 0.326 e. The lowest BCUT2D eigenvalue weighted by Gasteiger charge is -2.13. The highest BCUT2D eigenvalue weighted by molar-refractivity contribution is 7.16. The standard InChI is InChI=1S/C20H21N3O4S/c1-13(27-18(25)12-23-10-6-5-9-17(23)24)19(26)22-20-15(11-21)14-7-3-2-4-8-16(14)28-20/h5-6,9-10,13H,2-4,7-8,12H2,1H3,(H,22,26)/t13-/m1/s1. The first-order valence-electron chi connectivity index (χ1n) is 9.20. The maximum atomic E-state index is 12.5. The Morgan fingerprint density at radius 2 is 2.11 bits per heavy atom. The average molecular weight is 399 g/mol. The molecule has 2 aromatic rings. The number of anilines is 1. The summed E-state index contributed by atoms with van der Waals surface area (Å²) in [7, 11) is 0. The molecule has 0 aliphatic heterocycles. The molecule has 0 aromatic carbocycles. The highest BCUT2D eigenvalue weighted by atomic mass is 32.1. The van der Waals surface area contributed by atoms with Gasteiger partial charge in [-0.25, -0.2) is 0 Å². The molecule has 0 saturated carbocycles. The van der Waals surface area contributed by atoms with Crippen molar-refractivity contribution in [1.29, 1.82) is 5.26 Å². The molecule has 0 fully saturated rings. The molecule has 1 N–H and O–H groups in total. The summed E-state index contributed by atoms with van der Waals surface area (Å²) >= 11 is 1.43. The molecule has 0 spiro atoms. The molecule has 2 heterocycles. The number of fused-ring (bicyclic) bond motifs is 1. The number of thiophene rings is 1. The Morgan fingerprint density at radius 1 is 1.32 bits per heavy atom. The van der Waals surface area contributed by atoms with E-state index in [9.17, 15) is 19.6 Å². The van der Waals surface area contributed by atoms with Crippen molar-refractivity contribution in [2.75, 3.05) is 5.32 Å². The number of hydrogen-bond donors (Lipinski definition) is 1. The highest BCUT2D eigenvalue weighted by Crippen LogP contribution is 2.37. The lowest BCUT2D eigenvalue weighted by atomic mass is 10.1. The van der Waals surface area contributed by atoms with Crippen molar-refractivity contribution < 1.29 is 14.3 Å². The second-order valence-electron chi connectivity index (χ2n) is 6.67. The quantitative estimate of drug-likeness (QED) is 0.615. The van der Waals surface area contributed by atoms with E-state index in [1.54, 1.807) is 12.1 Å². The molecule has 2 aromatic heterocycles. The third kappa shape index (κ3) is 4.49. The molecule has 0 unspecified atom stereocenters. The minimum absolute atomic E-state index is 0.270. The van der Waals surface area contributed by atoms with E-state index in [1.165, 1.54) is 35.1 Å². The summed E-state index contributed by atoms with van der Waals surface area (Å²) in [4.78, 5) is 37.3. The number of amides is 1. The molecule has 3 rings (SSSR count). The maximum absolute atomic E-state index is 12.5. The molecule has 0 bridgehead atoms. The van der Waals surface area contributed by atoms with Gasteiger partial charge < -0.3 is 14.6 Å². The fraction of sp³-hybridized carbons (Fsp3) is 0.400. The second-order valence-corrected chi connectivity index (χ2v) is 7.77. The largest absolute Gasteiger partial charge is 0.451 e. The minimum Gasteiger partial charge on any atom is -0.451 e. The number of nitrogens with zero attached hydrogens (tertiary/aromatic N) is 2. The summed E-state index contributed by atoms with van der Waals surface area (Å²) in [5.74, 6) is -1.18. The van der Waals surface area contributed by atoms with E-state index in [1.807, 2.05) is 0 Å². The Kier molecular flexibility index (Phi) is 6.26.